The second-order valence-corrected chi connectivity index (χ2v) is 7.88. The number of rotatable bonds is 8. The standard InChI is InChI=1S/C21H20ClN5O4S/c1-27-17(11-23-19(29)15-8-3-4-9-16(15)22)25-26-21(27)32-12-18(28)24-14-7-5-6-13(10-14)20(30)31-2/h3-10H,11-12H2,1-2H3,(H,23,29)(H,24,28). The van der Waals surface area contributed by atoms with Gasteiger partial charge in [0.1, 0.15) is 0 Å². The number of amides is 2. The van der Waals surface area contributed by atoms with Crippen LogP contribution in [0.4, 0.5) is 5.69 Å². The summed E-state index contributed by atoms with van der Waals surface area (Å²) in [5.74, 6) is -0.460. The van der Waals surface area contributed by atoms with Crippen LogP contribution in [0.3, 0.4) is 0 Å². The second-order valence-electron chi connectivity index (χ2n) is 6.53. The van der Waals surface area contributed by atoms with Crippen molar-refractivity contribution in [1.82, 2.24) is 20.1 Å². The van der Waals surface area contributed by atoms with Gasteiger partial charge in [-0.3, -0.25) is 9.59 Å². The smallest absolute Gasteiger partial charge is 0.337 e. The number of nitrogens with zero attached hydrogens (tertiary/aromatic N) is 3. The van der Waals surface area contributed by atoms with Crippen LogP contribution < -0.4 is 10.6 Å². The van der Waals surface area contributed by atoms with E-state index < -0.39 is 5.97 Å². The zero-order valence-electron chi connectivity index (χ0n) is 17.3. The van der Waals surface area contributed by atoms with Crippen molar-refractivity contribution in [2.24, 2.45) is 7.05 Å². The van der Waals surface area contributed by atoms with Gasteiger partial charge in [-0.2, -0.15) is 0 Å². The highest BCUT2D eigenvalue weighted by Gasteiger charge is 2.15. The summed E-state index contributed by atoms with van der Waals surface area (Å²) in [5, 5.41) is 14.5. The number of halogens is 1. The number of hydrogen-bond acceptors (Lipinski definition) is 7. The first-order valence-electron chi connectivity index (χ1n) is 9.41. The van der Waals surface area contributed by atoms with Gasteiger partial charge >= 0.3 is 5.97 Å². The third-order valence-corrected chi connectivity index (χ3v) is 5.70. The topological polar surface area (TPSA) is 115 Å². The van der Waals surface area contributed by atoms with Crippen molar-refractivity contribution in [2.75, 3.05) is 18.2 Å². The Morgan fingerprint density at radius 3 is 2.66 bits per heavy atom. The zero-order chi connectivity index (χ0) is 23.1. The summed E-state index contributed by atoms with van der Waals surface area (Å²) in [4.78, 5) is 36.2. The van der Waals surface area contributed by atoms with Crippen LogP contribution in [-0.4, -0.2) is 45.4 Å². The maximum absolute atomic E-state index is 12.3. The first-order chi connectivity index (χ1) is 15.4. The molecule has 2 N–H and O–H groups in total. The summed E-state index contributed by atoms with van der Waals surface area (Å²) in [6.45, 7) is 0.153. The minimum Gasteiger partial charge on any atom is -0.465 e. The summed E-state index contributed by atoms with van der Waals surface area (Å²) in [6, 6.07) is 13.2. The first-order valence-corrected chi connectivity index (χ1v) is 10.8. The number of nitrogens with one attached hydrogen (secondary N) is 2. The summed E-state index contributed by atoms with van der Waals surface area (Å²) in [5.41, 5.74) is 1.20. The molecule has 11 heteroatoms. The van der Waals surface area contributed by atoms with Crippen LogP contribution in [0.1, 0.15) is 26.5 Å². The molecule has 0 atom stereocenters. The molecule has 0 spiro atoms. The Labute approximate surface area is 193 Å². The average Bonchev–Trinajstić information content (AvgIpc) is 3.15. The number of hydrogen-bond donors (Lipinski definition) is 2. The lowest BCUT2D eigenvalue weighted by Gasteiger charge is -2.08. The van der Waals surface area contributed by atoms with Crippen molar-refractivity contribution in [3.05, 3.63) is 70.5 Å². The van der Waals surface area contributed by atoms with E-state index in [9.17, 15) is 14.4 Å². The maximum atomic E-state index is 12.3. The Hall–Kier alpha value is -3.37. The largest absolute Gasteiger partial charge is 0.465 e. The number of aromatic nitrogens is 3. The molecule has 3 aromatic rings. The summed E-state index contributed by atoms with van der Waals surface area (Å²) in [7, 11) is 3.04. The molecule has 0 radical (unpaired) electrons. The van der Waals surface area contributed by atoms with E-state index in [1.54, 1.807) is 54.1 Å². The van der Waals surface area contributed by atoms with Crippen LogP contribution in [0.2, 0.25) is 5.02 Å². The Balaban J connectivity index is 1.53. The molecule has 0 aliphatic rings. The molecule has 1 aromatic heterocycles. The van der Waals surface area contributed by atoms with Crippen molar-refractivity contribution in [2.45, 2.75) is 11.7 Å². The Bertz CT molecular complexity index is 1150. The van der Waals surface area contributed by atoms with Crippen LogP contribution in [0.5, 0.6) is 0 Å². The van der Waals surface area contributed by atoms with Gasteiger partial charge in [-0.15, -0.1) is 10.2 Å². The molecule has 0 saturated carbocycles. The van der Waals surface area contributed by atoms with E-state index in [2.05, 4.69) is 25.6 Å². The number of esters is 1. The lowest BCUT2D eigenvalue weighted by molar-refractivity contribution is -0.113. The summed E-state index contributed by atoms with van der Waals surface area (Å²) >= 11 is 7.23. The van der Waals surface area contributed by atoms with Crippen molar-refractivity contribution in [3.8, 4) is 0 Å². The fourth-order valence-electron chi connectivity index (χ4n) is 2.69. The van der Waals surface area contributed by atoms with Crippen LogP contribution in [-0.2, 0) is 23.1 Å². The fraction of sp³-hybridized carbons (Fsp3) is 0.190. The lowest BCUT2D eigenvalue weighted by atomic mass is 10.2. The molecule has 0 unspecified atom stereocenters. The van der Waals surface area contributed by atoms with E-state index >= 15 is 0 Å². The summed E-state index contributed by atoms with van der Waals surface area (Å²) < 4.78 is 6.37. The number of benzene rings is 2. The highest BCUT2D eigenvalue weighted by molar-refractivity contribution is 7.99. The number of carbonyl (C=O) groups is 3. The minimum absolute atomic E-state index is 0.0837. The zero-order valence-corrected chi connectivity index (χ0v) is 18.9. The van der Waals surface area contributed by atoms with Crippen LogP contribution in [0.25, 0.3) is 0 Å². The number of anilines is 1. The molecule has 0 saturated heterocycles. The molecule has 3 rings (SSSR count). The van der Waals surface area contributed by atoms with E-state index in [0.29, 0.717) is 32.8 Å². The van der Waals surface area contributed by atoms with Gasteiger partial charge < -0.3 is 19.9 Å². The normalized spacial score (nSPS) is 10.5. The fourth-order valence-corrected chi connectivity index (χ4v) is 3.65. The molecule has 166 valence electrons. The van der Waals surface area contributed by atoms with Gasteiger partial charge in [0.15, 0.2) is 11.0 Å². The predicted octanol–water partition coefficient (Wildman–Crippen LogP) is 2.92. The van der Waals surface area contributed by atoms with Crippen molar-refractivity contribution in [1.29, 1.82) is 0 Å². The van der Waals surface area contributed by atoms with E-state index in [1.165, 1.54) is 24.9 Å². The van der Waals surface area contributed by atoms with Gasteiger partial charge in [0.05, 0.1) is 35.6 Å². The van der Waals surface area contributed by atoms with Crippen LogP contribution >= 0.6 is 23.4 Å². The van der Waals surface area contributed by atoms with E-state index in [1.807, 2.05) is 0 Å². The van der Waals surface area contributed by atoms with Gasteiger partial charge in [-0.1, -0.05) is 41.6 Å². The molecule has 1 heterocycles. The number of ether oxygens (including phenoxy) is 1. The van der Waals surface area contributed by atoms with E-state index in [4.69, 9.17) is 11.6 Å². The van der Waals surface area contributed by atoms with Crippen molar-refractivity contribution >= 4 is 46.8 Å². The molecule has 2 amide bonds. The first kappa shape index (κ1) is 23.3. The summed E-state index contributed by atoms with van der Waals surface area (Å²) in [6.07, 6.45) is 0. The molecular weight excluding hydrogens is 454 g/mol. The average molecular weight is 474 g/mol. The third-order valence-electron chi connectivity index (χ3n) is 4.35. The van der Waals surface area contributed by atoms with Gasteiger partial charge in [0, 0.05) is 12.7 Å². The minimum atomic E-state index is -0.483. The van der Waals surface area contributed by atoms with E-state index in [0.717, 1.165) is 0 Å². The lowest BCUT2D eigenvalue weighted by Crippen LogP contribution is -2.24. The van der Waals surface area contributed by atoms with E-state index in [-0.39, 0.29) is 24.1 Å². The van der Waals surface area contributed by atoms with Crippen molar-refractivity contribution in [3.63, 3.8) is 0 Å². The van der Waals surface area contributed by atoms with Gasteiger partial charge in [-0.25, -0.2) is 4.79 Å². The van der Waals surface area contributed by atoms with Crippen LogP contribution in [0.15, 0.2) is 53.7 Å². The Morgan fingerprint density at radius 1 is 1.12 bits per heavy atom. The van der Waals surface area contributed by atoms with Gasteiger partial charge in [0.2, 0.25) is 5.91 Å². The quantitative estimate of drug-likeness (QED) is 0.381. The molecule has 32 heavy (non-hydrogen) atoms. The SMILES string of the molecule is COC(=O)c1cccc(NC(=O)CSc2nnc(CNC(=O)c3ccccc3Cl)n2C)c1. The van der Waals surface area contributed by atoms with Crippen molar-refractivity contribution < 1.29 is 19.1 Å². The molecule has 0 fully saturated rings. The van der Waals surface area contributed by atoms with Crippen LogP contribution in [0, 0.1) is 0 Å². The molecular formula is C21H20ClN5O4S. The number of methoxy groups -OCH3 is 1. The molecule has 0 aliphatic carbocycles. The maximum Gasteiger partial charge on any atom is 0.337 e. The predicted molar refractivity (Wildman–Crippen MR) is 121 cm³/mol. The number of thioether (sulfide) groups is 1. The van der Waals surface area contributed by atoms with Gasteiger partial charge in [-0.05, 0) is 30.3 Å². The monoisotopic (exact) mass is 473 g/mol. The highest BCUT2D eigenvalue weighted by atomic mass is 35.5. The van der Waals surface area contributed by atoms with Gasteiger partial charge in [0.25, 0.3) is 5.91 Å². The second kappa shape index (κ2) is 10.8. The molecule has 0 aliphatic heterocycles. The molecule has 2 aromatic carbocycles. The third kappa shape index (κ3) is 5.86. The highest BCUT2D eigenvalue weighted by Crippen LogP contribution is 2.18. The Morgan fingerprint density at radius 2 is 1.91 bits per heavy atom. The molecule has 9 nitrogen and oxygen atoms in total. The molecule has 0 bridgehead atoms. The number of carbonyl (C=O) groups excluding carboxylic acids is 3. The Kier molecular flexibility index (Phi) is 7.85.